The second-order valence-electron chi connectivity index (χ2n) is 3.29. The van der Waals surface area contributed by atoms with Crippen LogP contribution in [0.1, 0.15) is 25.7 Å². The summed E-state index contributed by atoms with van der Waals surface area (Å²) in [6.07, 6.45) is 6.01. The molecule has 0 aromatic rings. The van der Waals surface area contributed by atoms with Crippen molar-refractivity contribution in [3.05, 3.63) is 0 Å². The molecule has 2 aliphatic rings. The highest BCUT2D eigenvalue weighted by molar-refractivity contribution is 4.78. The van der Waals surface area contributed by atoms with Crippen LogP contribution in [0.5, 0.6) is 0 Å². The zero-order chi connectivity index (χ0) is 5.56. The van der Waals surface area contributed by atoms with Crippen molar-refractivity contribution >= 4 is 0 Å². The maximum absolute atomic E-state index is 2.36. The summed E-state index contributed by atoms with van der Waals surface area (Å²) in [5, 5.41) is 0. The summed E-state index contributed by atoms with van der Waals surface area (Å²) < 4.78 is 0. The van der Waals surface area contributed by atoms with Crippen molar-refractivity contribution in [2.24, 2.45) is 0 Å². The monoisotopic (exact) mass is 112 g/mol. The van der Waals surface area contributed by atoms with Crippen molar-refractivity contribution in [1.29, 1.82) is 0 Å². The molecular weight excluding hydrogens is 98.1 g/mol. The molecule has 2 rings (SSSR count). The Balaban J connectivity index is 1.84. The summed E-state index contributed by atoms with van der Waals surface area (Å²) in [6.45, 7) is 0. The van der Waals surface area contributed by atoms with E-state index < -0.39 is 0 Å². The van der Waals surface area contributed by atoms with E-state index in [-0.39, 0.29) is 0 Å². The van der Waals surface area contributed by atoms with Crippen LogP contribution in [0.4, 0.5) is 0 Å². The summed E-state index contributed by atoms with van der Waals surface area (Å²) in [5.74, 6) is 0. The van der Waals surface area contributed by atoms with Gasteiger partial charge in [0.05, 0.1) is 19.1 Å². The van der Waals surface area contributed by atoms with E-state index in [1.807, 2.05) is 4.90 Å². The number of hydrogen-bond acceptors (Lipinski definition) is 0. The van der Waals surface area contributed by atoms with Gasteiger partial charge in [0.2, 0.25) is 0 Å². The largest absolute Gasteiger partial charge is 0.333 e. The molecule has 0 spiro atoms. The van der Waals surface area contributed by atoms with E-state index in [1.165, 1.54) is 25.7 Å². The molecule has 0 saturated heterocycles. The van der Waals surface area contributed by atoms with E-state index in [2.05, 4.69) is 7.05 Å². The number of rotatable bonds is 2. The normalized spacial score (nSPS) is 29.2. The van der Waals surface area contributed by atoms with Crippen LogP contribution in [0, 0.1) is 0 Å². The molecule has 2 aliphatic carbocycles. The molecule has 0 heterocycles. The van der Waals surface area contributed by atoms with Crippen LogP contribution < -0.4 is 4.90 Å². The quantitative estimate of drug-likeness (QED) is 0.505. The Morgan fingerprint density at radius 1 is 1.00 bits per heavy atom. The van der Waals surface area contributed by atoms with Gasteiger partial charge in [-0.05, 0) is 0 Å². The summed E-state index contributed by atoms with van der Waals surface area (Å²) >= 11 is 0. The average molecular weight is 112 g/mol. The average Bonchev–Trinajstić information content (AvgIpc) is 2.63. The molecule has 0 aromatic heterocycles. The first-order valence-corrected chi connectivity index (χ1v) is 3.71. The smallest absolute Gasteiger partial charge is 0.0879 e. The molecular formula is C7H14N+. The highest BCUT2D eigenvalue weighted by atomic mass is 15.2. The molecule has 0 bridgehead atoms. The molecule has 1 heteroatoms. The third-order valence-electron chi connectivity index (χ3n) is 2.44. The first-order chi connectivity index (χ1) is 3.88. The molecule has 0 unspecified atom stereocenters. The summed E-state index contributed by atoms with van der Waals surface area (Å²) in [7, 11) is 2.36. The van der Waals surface area contributed by atoms with E-state index >= 15 is 0 Å². The lowest BCUT2D eigenvalue weighted by Gasteiger charge is -2.09. The Labute approximate surface area is 50.7 Å². The maximum Gasteiger partial charge on any atom is 0.0879 e. The van der Waals surface area contributed by atoms with Crippen LogP contribution in [-0.4, -0.2) is 19.1 Å². The number of quaternary nitrogens is 1. The van der Waals surface area contributed by atoms with Crippen LogP contribution in [-0.2, 0) is 0 Å². The molecule has 0 radical (unpaired) electrons. The molecule has 1 nitrogen and oxygen atoms in total. The minimum absolute atomic E-state index is 1.07. The van der Waals surface area contributed by atoms with Gasteiger partial charge >= 0.3 is 0 Å². The van der Waals surface area contributed by atoms with Crippen molar-refractivity contribution in [2.45, 2.75) is 37.8 Å². The first kappa shape index (κ1) is 4.80. The van der Waals surface area contributed by atoms with Crippen molar-refractivity contribution in [3.63, 3.8) is 0 Å². The molecule has 2 saturated carbocycles. The van der Waals surface area contributed by atoms with Crippen molar-refractivity contribution in [1.82, 2.24) is 0 Å². The topological polar surface area (TPSA) is 4.44 Å². The molecule has 0 aromatic carbocycles. The third kappa shape index (κ3) is 0.752. The molecule has 0 aliphatic heterocycles. The van der Waals surface area contributed by atoms with Gasteiger partial charge in [-0.25, -0.2) is 0 Å². The van der Waals surface area contributed by atoms with Gasteiger partial charge in [-0.1, -0.05) is 0 Å². The summed E-state index contributed by atoms with van der Waals surface area (Å²) in [6, 6.07) is 2.14. The second kappa shape index (κ2) is 1.47. The molecule has 1 N–H and O–H groups in total. The predicted molar refractivity (Wildman–Crippen MR) is 32.9 cm³/mol. The van der Waals surface area contributed by atoms with Gasteiger partial charge in [-0.15, -0.1) is 0 Å². The van der Waals surface area contributed by atoms with Gasteiger partial charge < -0.3 is 4.90 Å². The lowest BCUT2D eigenvalue weighted by Crippen LogP contribution is -3.11. The Morgan fingerprint density at radius 2 is 1.38 bits per heavy atom. The molecule has 46 valence electrons. The second-order valence-corrected chi connectivity index (χ2v) is 3.29. The third-order valence-corrected chi connectivity index (χ3v) is 2.44. The van der Waals surface area contributed by atoms with E-state index in [4.69, 9.17) is 0 Å². The minimum Gasteiger partial charge on any atom is -0.333 e. The highest BCUT2D eigenvalue weighted by Crippen LogP contribution is 2.21. The number of nitrogens with one attached hydrogen (secondary N) is 1. The van der Waals surface area contributed by atoms with Gasteiger partial charge in [0.15, 0.2) is 0 Å². The number of hydrogen-bond donors (Lipinski definition) is 1. The zero-order valence-corrected chi connectivity index (χ0v) is 5.48. The fourth-order valence-corrected chi connectivity index (χ4v) is 1.41. The highest BCUT2D eigenvalue weighted by Gasteiger charge is 2.40. The van der Waals surface area contributed by atoms with E-state index in [0.29, 0.717) is 0 Å². The maximum atomic E-state index is 2.36. The Morgan fingerprint density at radius 3 is 1.62 bits per heavy atom. The van der Waals surface area contributed by atoms with Gasteiger partial charge in [-0.2, -0.15) is 0 Å². The fraction of sp³-hybridized carbons (Fsp3) is 1.00. The molecule has 2 fully saturated rings. The lowest BCUT2D eigenvalue weighted by atomic mass is 10.5. The standard InChI is InChI=1S/C7H13N/c1-8(6-2-3-6)7-4-5-7/h6-7H,2-5H2,1H3/p+1. The first-order valence-electron chi connectivity index (χ1n) is 3.71. The van der Waals surface area contributed by atoms with Crippen LogP contribution in [0.3, 0.4) is 0 Å². The van der Waals surface area contributed by atoms with E-state index in [1.54, 1.807) is 0 Å². The lowest BCUT2D eigenvalue weighted by molar-refractivity contribution is -0.902. The Bertz CT molecular complexity index is 80.6. The summed E-state index contributed by atoms with van der Waals surface area (Å²) in [4.78, 5) is 1.82. The Kier molecular flexibility index (Phi) is 0.884. The van der Waals surface area contributed by atoms with E-state index in [9.17, 15) is 0 Å². The molecule has 8 heavy (non-hydrogen) atoms. The molecule has 0 amide bonds. The SMILES string of the molecule is C[NH+](C1CC1)C1CC1. The van der Waals surface area contributed by atoms with Crippen LogP contribution in [0.2, 0.25) is 0 Å². The van der Waals surface area contributed by atoms with Gasteiger partial charge in [-0.3, -0.25) is 0 Å². The van der Waals surface area contributed by atoms with Gasteiger partial charge in [0, 0.05) is 25.7 Å². The zero-order valence-electron chi connectivity index (χ0n) is 5.48. The van der Waals surface area contributed by atoms with Gasteiger partial charge in [0.25, 0.3) is 0 Å². The minimum atomic E-state index is 1.07. The summed E-state index contributed by atoms with van der Waals surface area (Å²) in [5.41, 5.74) is 0. The van der Waals surface area contributed by atoms with E-state index in [0.717, 1.165) is 12.1 Å². The molecule has 0 atom stereocenters. The van der Waals surface area contributed by atoms with Crippen molar-refractivity contribution in [3.8, 4) is 0 Å². The van der Waals surface area contributed by atoms with Crippen LogP contribution in [0.25, 0.3) is 0 Å². The van der Waals surface area contributed by atoms with Crippen LogP contribution >= 0.6 is 0 Å². The van der Waals surface area contributed by atoms with Crippen molar-refractivity contribution in [2.75, 3.05) is 7.05 Å². The predicted octanol–water partition coefficient (Wildman–Crippen LogP) is -0.174. The van der Waals surface area contributed by atoms with Gasteiger partial charge in [0.1, 0.15) is 0 Å². The Hall–Kier alpha value is -0.0400. The van der Waals surface area contributed by atoms with Crippen molar-refractivity contribution < 1.29 is 4.90 Å². The van der Waals surface area contributed by atoms with Crippen LogP contribution in [0.15, 0.2) is 0 Å². The fourth-order valence-electron chi connectivity index (χ4n) is 1.41.